The fraction of sp³-hybridized carbons (Fsp3) is 0.167. The first-order valence-corrected chi connectivity index (χ1v) is 7.59. The predicted molar refractivity (Wildman–Crippen MR) is 92.7 cm³/mol. The first-order chi connectivity index (χ1) is 11.8. The summed E-state index contributed by atoms with van der Waals surface area (Å²) >= 11 is 0. The van der Waals surface area contributed by atoms with E-state index in [-0.39, 0.29) is 11.4 Å². The Hall–Kier alpha value is -3.22. The molecule has 128 valence electrons. The van der Waals surface area contributed by atoms with Gasteiger partial charge in [0.15, 0.2) is 0 Å². The largest absolute Gasteiger partial charge is 0.478 e. The molecule has 0 saturated heterocycles. The number of rotatable bonds is 3. The average Bonchev–Trinajstić information content (AvgIpc) is 2.80. The van der Waals surface area contributed by atoms with Crippen LogP contribution in [0.1, 0.15) is 21.7 Å². The van der Waals surface area contributed by atoms with Crippen LogP contribution in [0.5, 0.6) is 0 Å². The predicted octanol–water partition coefficient (Wildman–Crippen LogP) is 3.19. The number of benzene rings is 1. The molecule has 0 bridgehead atoms. The number of anilines is 1. The number of pyridine rings is 1. The molecule has 3 rings (SSSR count). The number of aromatic nitrogens is 3. The molecule has 0 fully saturated rings. The first-order valence-electron chi connectivity index (χ1n) is 7.59. The van der Waals surface area contributed by atoms with Gasteiger partial charge in [0.1, 0.15) is 11.6 Å². The number of carbonyl (C=O) groups is 1. The van der Waals surface area contributed by atoms with E-state index in [2.05, 4.69) is 10.1 Å². The van der Waals surface area contributed by atoms with Crippen molar-refractivity contribution in [2.45, 2.75) is 13.8 Å². The van der Waals surface area contributed by atoms with Crippen LogP contribution in [-0.2, 0) is 7.05 Å². The van der Waals surface area contributed by atoms with Crippen molar-refractivity contribution in [1.29, 1.82) is 0 Å². The summed E-state index contributed by atoms with van der Waals surface area (Å²) in [4.78, 5) is 15.2. The maximum absolute atomic E-state index is 14.0. The van der Waals surface area contributed by atoms with Crippen molar-refractivity contribution in [3.05, 3.63) is 53.2 Å². The van der Waals surface area contributed by atoms with E-state index >= 15 is 0 Å². The second-order valence-electron chi connectivity index (χ2n) is 5.83. The van der Waals surface area contributed by atoms with Crippen molar-refractivity contribution < 1.29 is 14.3 Å². The molecule has 0 amide bonds. The highest BCUT2D eigenvalue weighted by atomic mass is 19.1. The van der Waals surface area contributed by atoms with E-state index in [1.807, 2.05) is 27.0 Å². The molecule has 0 radical (unpaired) electrons. The Balaban J connectivity index is 2.15. The third-order valence-electron chi connectivity index (χ3n) is 4.23. The first kappa shape index (κ1) is 16.6. The monoisotopic (exact) mass is 340 g/mol. The molecule has 6 nitrogen and oxygen atoms in total. The summed E-state index contributed by atoms with van der Waals surface area (Å²) in [6.07, 6.45) is 1.65. The van der Waals surface area contributed by atoms with Gasteiger partial charge in [-0.25, -0.2) is 14.2 Å². The van der Waals surface area contributed by atoms with Gasteiger partial charge in [-0.05, 0) is 37.6 Å². The Bertz CT molecular complexity index is 995. The Morgan fingerprint density at radius 3 is 2.52 bits per heavy atom. The van der Waals surface area contributed by atoms with Gasteiger partial charge in [0.2, 0.25) is 0 Å². The summed E-state index contributed by atoms with van der Waals surface area (Å²) < 4.78 is 15.8. The van der Waals surface area contributed by atoms with Crippen LogP contribution in [0.4, 0.5) is 10.2 Å². The SMILES string of the molecule is Cc1nn(C)c(C)c1-c1cnc(N)c(-c2ccc(C(=O)O)c(F)c2)c1. The van der Waals surface area contributed by atoms with Gasteiger partial charge in [-0.15, -0.1) is 0 Å². The standard InChI is InChI=1S/C18H17FN4O2/c1-9-16(10(2)23(3)22-9)12-6-14(17(20)21-8-12)11-4-5-13(18(24)25)15(19)7-11/h4-8H,1-3H3,(H2,20,21)(H,24,25). The molecule has 3 aromatic rings. The number of nitrogens with zero attached hydrogens (tertiary/aromatic N) is 3. The van der Waals surface area contributed by atoms with E-state index in [9.17, 15) is 9.18 Å². The quantitative estimate of drug-likeness (QED) is 0.764. The minimum Gasteiger partial charge on any atom is -0.478 e. The van der Waals surface area contributed by atoms with Crippen LogP contribution in [0.3, 0.4) is 0 Å². The zero-order chi connectivity index (χ0) is 18.3. The molecular weight excluding hydrogens is 323 g/mol. The van der Waals surface area contributed by atoms with Crippen LogP contribution in [0.15, 0.2) is 30.5 Å². The molecule has 1 aromatic carbocycles. The molecule has 0 saturated carbocycles. The summed E-state index contributed by atoms with van der Waals surface area (Å²) in [6.45, 7) is 3.85. The van der Waals surface area contributed by atoms with Crippen LogP contribution in [0, 0.1) is 19.7 Å². The lowest BCUT2D eigenvalue weighted by atomic mass is 9.99. The van der Waals surface area contributed by atoms with Crippen LogP contribution in [0.2, 0.25) is 0 Å². The molecule has 0 aliphatic carbocycles. The Morgan fingerprint density at radius 2 is 1.96 bits per heavy atom. The highest BCUT2D eigenvalue weighted by Gasteiger charge is 2.16. The average molecular weight is 340 g/mol. The highest BCUT2D eigenvalue weighted by molar-refractivity contribution is 5.89. The van der Waals surface area contributed by atoms with Crippen LogP contribution in [-0.4, -0.2) is 25.8 Å². The zero-order valence-corrected chi connectivity index (χ0v) is 14.0. The van der Waals surface area contributed by atoms with Crippen molar-refractivity contribution in [1.82, 2.24) is 14.8 Å². The molecule has 0 unspecified atom stereocenters. The minimum atomic E-state index is -1.31. The smallest absolute Gasteiger partial charge is 0.338 e. The van der Waals surface area contributed by atoms with Crippen molar-refractivity contribution in [2.75, 3.05) is 5.73 Å². The van der Waals surface area contributed by atoms with E-state index in [0.29, 0.717) is 11.1 Å². The summed E-state index contributed by atoms with van der Waals surface area (Å²) in [5.74, 6) is -1.89. The third kappa shape index (κ3) is 2.84. The second-order valence-corrected chi connectivity index (χ2v) is 5.83. The summed E-state index contributed by atoms with van der Waals surface area (Å²) in [6, 6.07) is 5.71. The molecule has 0 aliphatic heterocycles. The van der Waals surface area contributed by atoms with E-state index in [4.69, 9.17) is 10.8 Å². The summed E-state index contributed by atoms with van der Waals surface area (Å²) in [5, 5.41) is 13.3. The number of nitrogen functional groups attached to an aromatic ring is 1. The van der Waals surface area contributed by atoms with Crippen LogP contribution in [0.25, 0.3) is 22.3 Å². The maximum atomic E-state index is 14.0. The third-order valence-corrected chi connectivity index (χ3v) is 4.23. The van der Waals surface area contributed by atoms with Crippen LogP contribution >= 0.6 is 0 Å². The molecule has 0 aliphatic rings. The number of halogens is 1. The number of aryl methyl sites for hydroxylation is 2. The Labute approximate surface area is 143 Å². The normalized spacial score (nSPS) is 10.9. The lowest BCUT2D eigenvalue weighted by Gasteiger charge is -2.10. The van der Waals surface area contributed by atoms with Gasteiger partial charge in [0, 0.05) is 35.6 Å². The minimum absolute atomic E-state index is 0.241. The number of hydrogen-bond acceptors (Lipinski definition) is 4. The lowest BCUT2D eigenvalue weighted by molar-refractivity contribution is 0.0692. The van der Waals surface area contributed by atoms with Crippen molar-refractivity contribution in [2.24, 2.45) is 7.05 Å². The van der Waals surface area contributed by atoms with Gasteiger partial charge in [0.25, 0.3) is 0 Å². The topological polar surface area (TPSA) is 94.0 Å². The van der Waals surface area contributed by atoms with Gasteiger partial charge in [-0.1, -0.05) is 6.07 Å². The van der Waals surface area contributed by atoms with E-state index in [1.165, 1.54) is 12.1 Å². The zero-order valence-electron chi connectivity index (χ0n) is 14.0. The van der Waals surface area contributed by atoms with Crippen LogP contribution < -0.4 is 5.73 Å². The number of carboxylic acids is 1. The van der Waals surface area contributed by atoms with Gasteiger partial charge in [-0.3, -0.25) is 4.68 Å². The Kier molecular flexibility index (Phi) is 4.00. The highest BCUT2D eigenvalue weighted by Crippen LogP contribution is 2.33. The van der Waals surface area contributed by atoms with E-state index in [0.717, 1.165) is 28.6 Å². The van der Waals surface area contributed by atoms with Gasteiger partial charge >= 0.3 is 5.97 Å². The van der Waals surface area contributed by atoms with Crippen molar-refractivity contribution >= 4 is 11.8 Å². The lowest BCUT2D eigenvalue weighted by Crippen LogP contribution is -2.01. The molecule has 0 spiro atoms. The van der Waals surface area contributed by atoms with E-state index < -0.39 is 11.8 Å². The second kappa shape index (κ2) is 6.01. The fourth-order valence-electron chi connectivity index (χ4n) is 2.89. The molecule has 0 atom stereocenters. The van der Waals surface area contributed by atoms with Gasteiger partial charge in [-0.2, -0.15) is 5.10 Å². The number of carboxylic acid groups (broad SMARTS) is 1. The summed E-state index contributed by atoms with van der Waals surface area (Å²) in [5.41, 5.74) is 10.2. The number of nitrogens with two attached hydrogens (primary N) is 1. The number of aromatic carboxylic acids is 1. The molecular formula is C18H17FN4O2. The van der Waals surface area contributed by atoms with E-state index in [1.54, 1.807) is 10.9 Å². The molecule has 3 N–H and O–H groups in total. The van der Waals surface area contributed by atoms with Gasteiger partial charge < -0.3 is 10.8 Å². The maximum Gasteiger partial charge on any atom is 0.338 e. The van der Waals surface area contributed by atoms with Crippen molar-refractivity contribution in [3.8, 4) is 22.3 Å². The fourth-order valence-corrected chi connectivity index (χ4v) is 2.89. The Morgan fingerprint density at radius 1 is 1.24 bits per heavy atom. The summed E-state index contributed by atoms with van der Waals surface area (Å²) in [7, 11) is 1.86. The molecule has 2 aromatic heterocycles. The van der Waals surface area contributed by atoms with Crippen molar-refractivity contribution in [3.63, 3.8) is 0 Å². The molecule has 2 heterocycles. The molecule has 25 heavy (non-hydrogen) atoms. The van der Waals surface area contributed by atoms with Gasteiger partial charge in [0.05, 0.1) is 11.3 Å². The molecule has 7 heteroatoms. The number of hydrogen-bond donors (Lipinski definition) is 2.